The average molecular weight is 267 g/mol. The van der Waals surface area contributed by atoms with E-state index in [1.165, 1.54) is 6.26 Å². The maximum Gasteiger partial charge on any atom is 0.148 e. The molecular formula is C11H25NO4S. The lowest BCUT2D eigenvalue weighted by atomic mass is 9.98. The van der Waals surface area contributed by atoms with Gasteiger partial charge in [0.2, 0.25) is 0 Å². The number of aliphatic hydroxyl groups excluding tert-OH is 1. The van der Waals surface area contributed by atoms with Crippen molar-refractivity contribution in [3.8, 4) is 0 Å². The molecule has 6 heteroatoms. The molecule has 104 valence electrons. The first-order chi connectivity index (χ1) is 7.58. The number of ether oxygens (including phenoxy) is 1. The molecule has 0 fully saturated rings. The first kappa shape index (κ1) is 16.8. The van der Waals surface area contributed by atoms with Gasteiger partial charge in [0.25, 0.3) is 0 Å². The summed E-state index contributed by atoms with van der Waals surface area (Å²) in [4.78, 5) is 1.90. The molecule has 0 aliphatic carbocycles. The zero-order valence-electron chi connectivity index (χ0n) is 11.4. The summed E-state index contributed by atoms with van der Waals surface area (Å²) in [6.45, 7) is 4.78. The molecular weight excluding hydrogens is 242 g/mol. The third kappa shape index (κ3) is 7.70. The molecule has 0 spiro atoms. The molecule has 0 radical (unpaired) electrons. The van der Waals surface area contributed by atoms with Crippen LogP contribution in [0.3, 0.4) is 0 Å². The van der Waals surface area contributed by atoms with Crippen LogP contribution in [-0.4, -0.2) is 69.4 Å². The van der Waals surface area contributed by atoms with Crippen molar-refractivity contribution < 1.29 is 18.3 Å². The minimum atomic E-state index is -2.92. The van der Waals surface area contributed by atoms with Crippen molar-refractivity contribution in [2.75, 3.05) is 39.3 Å². The molecule has 0 saturated carbocycles. The van der Waals surface area contributed by atoms with Gasteiger partial charge in [-0.15, -0.1) is 0 Å². The summed E-state index contributed by atoms with van der Waals surface area (Å²) in [6, 6.07) is 0. The summed E-state index contributed by atoms with van der Waals surface area (Å²) in [5, 5.41) is 9.88. The lowest BCUT2D eigenvalue weighted by molar-refractivity contribution is -0.0817. The molecule has 0 bridgehead atoms. The van der Waals surface area contributed by atoms with E-state index in [1.54, 1.807) is 7.11 Å². The minimum Gasteiger partial charge on any atom is -0.390 e. The third-order valence-corrected chi connectivity index (χ3v) is 3.88. The molecule has 0 aromatic rings. The van der Waals surface area contributed by atoms with Crippen molar-refractivity contribution in [1.82, 2.24) is 4.90 Å². The molecule has 1 atom stereocenters. The number of sulfone groups is 1. The topological polar surface area (TPSA) is 66.8 Å². The van der Waals surface area contributed by atoms with E-state index in [-0.39, 0.29) is 5.75 Å². The smallest absolute Gasteiger partial charge is 0.148 e. The quantitative estimate of drug-likeness (QED) is 0.677. The third-order valence-electron chi connectivity index (χ3n) is 2.96. The summed E-state index contributed by atoms with van der Waals surface area (Å²) in [7, 11) is 0.491. The lowest BCUT2D eigenvalue weighted by Crippen LogP contribution is -2.40. The molecule has 0 aromatic carbocycles. The van der Waals surface area contributed by atoms with Crippen molar-refractivity contribution in [2.24, 2.45) is 0 Å². The molecule has 0 heterocycles. The van der Waals surface area contributed by atoms with Gasteiger partial charge < -0.3 is 14.7 Å². The Kier molecular flexibility index (Phi) is 6.61. The molecule has 1 unspecified atom stereocenters. The largest absolute Gasteiger partial charge is 0.390 e. The Morgan fingerprint density at radius 1 is 1.35 bits per heavy atom. The van der Waals surface area contributed by atoms with Gasteiger partial charge in [0.05, 0.1) is 17.5 Å². The van der Waals surface area contributed by atoms with Crippen LogP contribution in [0.4, 0.5) is 0 Å². The Balaban J connectivity index is 3.96. The van der Waals surface area contributed by atoms with E-state index in [9.17, 15) is 13.5 Å². The van der Waals surface area contributed by atoms with E-state index in [0.29, 0.717) is 19.5 Å². The Hall–Kier alpha value is -0.170. The zero-order chi connectivity index (χ0) is 13.7. The van der Waals surface area contributed by atoms with Crippen molar-refractivity contribution >= 4 is 9.84 Å². The van der Waals surface area contributed by atoms with E-state index in [1.807, 2.05) is 25.8 Å². The van der Waals surface area contributed by atoms with Gasteiger partial charge in [0.1, 0.15) is 9.84 Å². The van der Waals surface area contributed by atoms with E-state index in [2.05, 4.69) is 0 Å². The molecule has 5 nitrogen and oxygen atoms in total. The molecule has 0 aromatic heterocycles. The highest BCUT2D eigenvalue weighted by Gasteiger charge is 2.27. The van der Waals surface area contributed by atoms with Gasteiger partial charge in [-0.25, -0.2) is 8.42 Å². The van der Waals surface area contributed by atoms with Crippen molar-refractivity contribution in [3.05, 3.63) is 0 Å². The van der Waals surface area contributed by atoms with Gasteiger partial charge in [-0.1, -0.05) is 0 Å². The highest BCUT2D eigenvalue weighted by atomic mass is 32.2. The fraction of sp³-hybridized carbons (Fsp3) is 1.00. The van der Waals surface area contributed by atoms with Crippen LogP contribution in [-0.2, 0) is 14.6 Å². The number of methoxy groups -OCH3 is 1. The average Bonchev–Trinajstić information content (AvgIpc) is 2.21. The fourth-order valence-corrected chi connectivity index (χ4v) is 1.90. The van der Waals surface area contributed by atoms with Gasteiger partial charge in [0, 0.05) is 26.5 Å². The molecule has 0 aliphatic rings. The second-order valence-electron chi connectivity index (χ2n) is 5.05. The van der Waals surface area contributed by atoms with Crippen LogP contribution < -0.4 is 0 Å². The van der Waals surface area contributed by atoms with Crippen molar-refractivity contribution in [3.63, 3.8) is 0 Å². The number of hydrogen-bond donors (Lipinski definition) is 1. The van der Waals surface area contributed by atoms with Gasteiger partial charge in [-0.05, 0) is 27.3 Å². The Morgan fingerprint density at radius 3 is 2.29 bits per heavy atom. The summed E-state index contributed by atoms with van der Waals surface area (Å²) < 4.78 is 27.1. The molecule has 0 aliphatic heterocycles. The van der Waals surface area contributed by atoms with E-state index < -0.39 is 21.5 Å². The number of aliphatic hydroxyl groups is 1. The van der Waals surface area contributed by atoms with Gasteiger partial charge in [-0.3, -0.25) is 0 Å². The standard InChI is InChI=1S/C11H25NO4S/c1-11(2,16-4)10(13)6-7-12(3)8-9-17(5,14)15/h10,13H,6-9H2,1-5H3. The van der Waals surface area contributed by atoms with Crippen LogP contribution in [0.25, 0.3) is 0 Å². The van der Waals surface area contributed by atoms with Gasteiger partial charge in [-0.2, -0.15) is 0 Å². The monoisotopic (exact) mass is 267 g/mol. The number of rotatable bonds is 8. The van der Waals surface area contributed by atoms with Crippen LogP contribution >= 0.6 is 0 Å². The summed E-state index contributed by atoms with van der Waals surface area (Å²) >= 11 is 0. The summed E-state index contributed by atoms with van der Waals surface area (Å²) in [5.41, 5.74) is -0.572. The van der Waals surface area contributed by atoms with E-state index in [4.69, 9.17) is 4.74 Å². The summed E-state index contributed by atoms with van der Waals surface area (Å²) in [6.07, 6.45) is 1.22. The molecule has 1 N–H and O–H groups in total. The van der Waals surface area contributed by atoms with Crippen LogP contribution in [0.15, 0.2) is 0 Å². The maximum atomic E-state index is 11.0. The minimum absolute atomic E-state index is 0.146. The Morgan fingerprint density at radius 2 is 1.88 bits per heavy atom. The molecule has 0 rings (SSSR count). The second-order valence-corrected chi connectivity index (χ2v) is 7.30. The van der Waals surface area contributed by atoms with Crippen LogP contribution in [0, 0.1) is 0 Å². The van der Waals surface area contributed by atoms with E-state index in [0.717, 1.165) is 0 Å². The zero-order valence-corrected chi connectivity index (χ0v) is 12.2. The maximum absolute atomic E-state index is 11.0. The van der Waals surface area contributed by atoms with Gasteiger partial charge in [0.15, 0.2) is 0 Å². The number of nitrogens with zero attached hydrogens (tertiary/aromatic N) is 1. The second kappa shape index (κ2) is 6.68. The Bertz CT molecular complexity index is 313. The van der Waals surface area contributed by atoms with Crippen LogP contribution in [0.2, 0.25) is 0 Å². The predicted octanol–water partition coefficient (Wildman–Crippen LogP) is 0.139. The lowest BCUT2D eigenvalue weighted by Gasteiger charge is -2.30. The highest BCUT2D eigenvalue weighted by molar-refractivity contribution is 7.90. The summed E-state index contributed by atoms with van der Waals surface area (Å²) in [5.74, 6) is 0.146. The van der Waals surface area contributed by atoms with Crippen molar-refractivity contribution in [2.45, 2.75) is 32.0 Å². The Labute approximate surface area is 105 Å². The number of hydrogen-bond acceptors (Lipinski definition) is 5. The van der Waals surface area contributed by atoms with Crippen LogP contribution in [0.5, 0.6) is 0 Å². The highest BCUT2D eigenvalue weighted by Crippen LogP contribution is 2.16. The SMILES string of the molecule is COC(C)(C)C(O)CCN(C)CCS(C)(=O)=O. The van der Waals surface area contributed by atoms with Gasteiger partial charge >= 0.3 is 0 Å². The molecule has 17 heavy (non-hydrogen) atoms. The molecule has 0 saturated heterocycles. The molecule has 0 amide bonds. The predicted molar refractivity (Wildman–Crippen MR) is 68.9 cm³/mol. The fourth-order valence-electron chi connectivity index (χ4n) is 1.26. The first-order valence-electron chi connectivity index (χ1n) is 5.68. The first-order valence-corrected chi connectivity index (χ1v) is 7.74. The normalized spacial score (nSPS) is 15.2. The van der Waals surface area contributed by atoms with E-state index >= 15 is 0 Å². The van der Waals surface area contributed by atoms with Crippen LogP contribution in [0.1, 0.15) is 20.3 Å². The van der Waals surface area contributed by atoms with Crippen molar-refractivity contribution in [1.29, 1.82) is 0 Å².